The third-order valence-electron chi connectivity index (χ3n) is 11.0. The Bertz CT molecular complexity index is 880. The van der Waals surface area contributed by atoms with Crippen LogP contribution in [0, 0.1) is 52.3 Å². The molecule has 0 radical (unpaired) electrons. The van der Waals surface area contributed by atoms with Gasteiger partial charge in [-0.25, -0.2) is 17.9 Å². The summed E-state index contributed by atoms with van der Waals surface area (Å²) in [4.78, 5) is 12.0. The lowest BCUT2D eigenvalue weighted by Crippen LogP contribution is -2.62. The molecule has 3 unspecified atom stereocenters. The van der Waals surface area contributed by atoms with Crippen molar-refractivity contribution in [3.63, 3.8) is 0 Å². The molecule has 0 heterocycles. The van der Waals surface area contributed by atoms with E-state index in [-0.39, 0.29) is 34.9 Å². The fraction of sp³-hybridized carbons (Fsp3) is 0.962. The number of amides is 2. The smallest absolute Gasteiger partial charge is 0.328 e. The normalized spacial score (nSPS) is 47.1. The van der Waals surface area contributed by atoms with Gasteiger partial charge in [0.1, 0.15) is 0 Å². The van der Waals surface area contributed by atoms with Crippen LogP contribution in [0.25, 0.3) is 0 Å². The molecule has 7 nitrogen and oxygen atoms in total. The van der Waals surface area contributed by atoms with Gasteiger partial charge in [0.05, 0.1) is 18.5 Å². The molecule has 0 bridgehead atoms. The van der Waals surface area contributed by atoms with Gasteiger partial charge < -0.3 is 15.5 Å². The Hall–Kier alpha value is -0.860. The van der Waals surface area contributed by atoms with Crippen molar-refractivity contribution in [2.45, 2.75) is 91.3 Å². The number of urea groups is 1. The summed E-state index contributed by atoms with van der Waals surface area (Å²) in [5.41, 5.74) is 0.312. The van der Waals surface area contributed by atoms with Gasteiger partial charge in [0, 0.05) is 6.54 Å². The molecule has 196 valence electrons. The Morgan fingerprint density at radius 3 is 2.32 bits per heavy atom. The lowest BCUT2D eigenvalue weighted by molar-refractivity contribution is -0.203. The van der Waals surface area contributed by atoms with Crippen molar-refractivity contribution in [2.24, 2.45) is 52.3 Å². The van der Waals surface area contributed by atoms with Gasteiger partial charge in [0.25, 0.3) is 0 Å². The molecule has 4 N–H and O–H groups in total. The van der Waals surface area contributed by atoms with Gasteiger partial charge in [-0.3, -0.25) is 0 Å². The van der Waals surface area contributed by atoms with Crippen molar-refractivity contribution < 1.29 is 23.4 Å². The van der Waals surface area contributed by atoms with Crippen molar-refractivity contribution in [3.05, 3.63) is 0 Å². The number of hydrogen-bond donors (Lipinski definition) is 4. The second-order valence-corrected chi connectivity index (χ2v) is 14.4. The summed E-state index contributed by atoms with van der Waals surface area (Å²) >= 11 is 0. The Kier molecular flexibility index (Phi) is 7.11. The Morgan fingerprint density at radius 2 is 1.68 bits per heavy atom. The third kappa shape index (κ3) is 4.40. The van der Waals surface area contributed by atoms with Crippen molar-refractivity contribution in [1.82, 2.24) is 10.0 Å². The van der Waals surface area contributed by atoms with Crippen LogP contribution in [0.3, 0.4) is 0 Å². The van der Waals surface area contributed by atoms with Gasteiger partial charge in [0.15, 0.2) is 0 Å². The van der Waals surface area contributed by atoms with Crippen molar-refractivity contribution in [2.75, 3.05) is 12.8 Å². The largest absolute Gasteiger partial charge is 0.393 e. The van der Waals surface area contributed by atoms with Crippen LogP contribution in [0.5, 0.6) is 0 Å². The summed E-state index contributed by atoms with van der Waals surface area (Å²) in [7, 11) is -3.57. The van der Waals surface area contributed by atoms with Crippen LogP contribution < -0.4 is 10.0 Å². The summed E-state index contributed by atoms with van der Waals surface area (Å²) in [6.07, 6.45) is 8.63. The van der Waals surface area contributed by atoms with Crippen molar-refractivity contribution in [1.29, 1.82) is 0 Å². The summed E-state index contributed by atoms with van der Waals surface area (Å²) in [6.45, 7) is 9.67. The molecule has 0 aliphatic heterocycles. The summed E-state index contributed by atoms with van der Waals surface area (Å²) < 4.78 is 24.7. The number of carbonyl (C=O) groups excluding carboxylic acids is 1. The number of aliphatic hydroxyl groups is 2. The van der Waals surface area contributed by atoms with E-state index in [1.165, 1.54) is 0 Å². The van der Waals surface area contributed by atoms with Crippen LogP contribution >= 0.6 is 0 Å². The van der Waals surface area contributed by atoms with E-state index in [9.17, 15) is 23.4 Å². The molecule has 4 fully saturated rings. The molecular weight excluding hydrogens is 452 g/mol. The highest BCUT2D eigenvalue weighted by atomic mass is 32.2. The minimum absolute atomic E-state index is 0.117. The first kappa shape index (κ1) is 26.2. The minimum atomic E-state index is -3.57. The average molecular weight is 499 g/mol. The Labute approximate surface area is 205 Å². The average Bonchev–Trinajstić information content (AvgIpc) is 3.09. The van der Waals surface area contributed by atoms with Crippen molar-refractivity contribution in [3.8, 4) is 0 Å². The lowest BCUT2D eigenvalue weighted by atomic mass is 9.41. The fourth-order valence-electron chi connectivity index (χ4n) is 9.53. The molecule has 34 heavy (non-hydrogen) atoms. The molecule has 2 amide bonds. The summed E-state index contributed by atoms with van der Waals surface area (Å²) in [6, 6.07) is -0.662. The van der Waals surface area contributed by atoms with E-state index in [0.717, 1.165) is 57.6 Å². The molecule has 4 aliphatic rings. The van der Waals surface area contributed by atoms with E-state index < -0.39 is 16.1 Å². The number of sulfonamides is 1. The predicted molar refractivity (Wildman–Crippen MR) is 132 cm³/mol. The van der Waals surface area contributed by atoms with Gasteiger partial charge in [-0.1, -0.05) is 34.1 Å². The van der Waals surface area contributed by atoms with Gasteiger partial charge in [-0.15, -0.1) is 0 Å². The maximum atomic E-state index is 12.0. The van der Waals surface area contributed by atoms with Crippen LogP contribution in [0.1, 0.15) is 79.1 Å². The van der Waals surface area contributed by atoms with Crippen LogP contribution in [0.15, 0.2) is 0 Å². The second kappa shape index (κ2) is 9.22. The highest BCUT2D eigenvalue weighted by molar-refractivity contribution is 7.89. The fourth-order valence-corrected chi connectivity index (χ4v) is 9.94. The molecule has 4 saturated carbocycles. The highest BCUT2D eigenvalue weighted by Crippen LogP contribution is 2.69. The number of hydrogen-bond acceptors (Lipinski definition) is 5. The van der Waals surface area contributed by atoms with Gasteiger partial charge in [-0.05, 0) is 97.2 Å². The number of fused-ring (bicyclic) bond motifs is 5. The van der Waals surface area contributed by atoms with E-state index in [1.807, 2.05) is 4.72 Å². The molecule has 0 saturated heterocycles. The Balaban J connectivity index is 1.52. The molecule has 0 aromatic rings. The molecular formula is C26H46N2O5S. The summed E-state index contributed by atoms with van der Waals surface area (Å²) in [5, 5.41) is 25.0. The van der Waals surface area contributed by atoms with E-state index in [2.05, 4.69) is 33.0 Å². The quantitative estimate of drug-likeness (QED) is 0.463. The zero-order chi connectivity index (χ0) is 25.1. The zero-order valence-corrected chi connectivity index (χ0v) is 22.4. The molecule has 4 aliphatic carbocycles. The maximum absolute atomic E-state index is 12.0. The lowest BCUT2D eigenvalue weighted by Gasteiger charge is -2.64. The van der Waals surface area contributed by atoms with E-state index in [1.54, 1.807) is 0 Å². The van der Waals surface area contributed by atoms with Crippen LogP contribution in [-0.2, 0) is 10.0 Å². The van der Waals surface area contributed by atoms with Crippen LogP contribution in [-0.4, -0.2) is 49.7 Å². The standard InChI is InChI=1S/C26H46N2O5S/c1-6-17-21-13-16(29)9-11-26(21,4)20-10-12-25(3)18(7-8-19(25)22(20)23(17)30)15(2)14-27-24(31)28-34(5,32)33/h15-23,29-30H,6-14H2,1-5H3,(H2,27,28,31)/t15-,16-,17-,18-,19+,20+,21+,22?,23-,25?,26?/m1/s1. The minimum Gasteiger partial charge on any atom is -0.393 e. The van der Waals surface area contributed by atoms with E-state index in [4.69, 9.17) is 0 Å². The predicted octanol–water partition coefficient (Wildman–Crippen LogP) is 3.51. The number of aliphatic hydroxyl groups excluding tert-OH is 2. The number of carbonyl (C=O) groups is 1. The van der Waals surface area contributed by atoms with E-state index >= 15 is 0 Å². The highest BCUT2D eigenvalue weighted by Gasteiger charge is 2.64. The molecule has 4 rings (SSSR count). The van der Waals surface area contributed by atoms with Gasteiger partial charge in [-0.2, -0.15) is 0 Å². The van der Waals surface area contributed by atoms with Crippen molar-refractivity contribution >= 4 is 16.1 Å². The third-order valence-corrected chi connectivity index (χ3v) is 11.6. The number of nitrogens with one attached hydrogen (secondary N) is 2. The summed E-state index contributed by atoms with van der Waals surface area (Å²) in [5.74, 6) is 2.59. The maximum Gasteiger partial charge on any atom is 0.328 e. The van der Waals surface area contributed by atoms with E-state index in [0.29, 0.717) is 36.1 Å². The Morgan fingerprint density at radius 1 is 1.03 bits per heavy atom. The second-order valence-electron chi connectivity index (χ2n) is 12.7. The number of rotatable bonds is 5. The first-order chi connectivity index (χ1) is 15.8. The molecule has 0 aromatic heterocycles. The van der Waals surface area contributed by atoms with Crippen LogP contribution in [0.4, 0.5) is 4.79 Å². The molecule has 8 heteroatoms. The van der Waals surface area contributed by atoms with Crippen LogP contribution in [0.2, 0.25) is 0 Å². The first-order valence-electron chi connectivity index (χ1n) is 13.4. The van der Waals surface area contributed by atoms with Gasteiger partial charge in [0.2, 0.25) is 10.0 Å². The SMILES string of the molecule is CC[C@H]1[C@@H](O)C2[C@@H]3CC[C@H]([C@H](C)CNC(=O)NS(C)(=O)=O)C3(C)CC[C@@H]2C2(C)CC[C@@H](O)C[C@@H]12. The molecule has 0 spiro atoms. The monoisotopic (exact) mass is 498 g/mol. The topological polar surface area (TPSA) is 116 Å². The first-order valence-corrected chi connectivity index (χ1v) is 15.3. The zero-order valence-electron chi connectivity index (χ0n) is 21.6. The molecule has 11 atom stereocenters. The molecule has 0 aromatic carbocycles. The van der Waals surface area contributed by atoms with Gasteiger partial charge >= 0.3 is 6.03 Å².